The maximum atomic E-state index is 12.5. The quantitative estimate of drug-likeness (QED) is 0.757. The van der Waals surface area contributed by atoms with Crippen molar-refractivity contribution in [2.24, 2.45) is 0 Å². The van der Waals surface area contributed by atoms with Crippen LogP contribution in [0.15, 0.2) is 21.5 Å². The third kappa shape index (κ3) is 3.68. The number of hydrogen-bond donors (Lipinski definition) is 2. The SMILES string of the molecule is COc1cc(Br)c(N)cc1S(=O)(=O)NCC1CCCN1C. The molecule has 0 saturated carbocycles. The maximum absolute atomic E-state index is 12.5. The standard InChI is InChI=1S/C13H20BrN3O3S/c1-17-5-3-4-9(17)8-16-21(18,19)13-7-11(15)10(14)6-12(13)20-2/h6-7,9,16H,3-5,8,15H2,1-2H3. The molecule has 1 unspecified atom stereocenters. The molecule has 1 aromatic rings. The van der Waals surface area contributed by atoms with Crippen molar-refractivity contribution in [2.45, 2.75) is 23.8 Å². The van der Waals surface area contributed by atoms with E-state index in [0.29, 0.717) is 16.7 Å². The minimum Gasteiger partial charge on any atom is -0.495 e. The number of nitrogens with zero attached hydrogens (tertiary/aromatic N) is 1. The number of nitrogens with one attached hydrogen (secondary N) is 1. The number of rotatable bonds is 5. The summed E-state index contributed by atoms with van der Waals surface area (Å²) in [4.78, 5) is 2.22. The lowest BCUT2D eigenvalue weighted by atomic mass is 10.2. The van der Waals surface area contributed by atoms with Gasteiger partial charge in [-0.1, -0.05) is 0 Å². The highest BCUT2D eigenvalue weighted by Gasteiger charge is 2.25. The Morgan fingerprint density at radius 3 is 2.81 bits per heavy atom. The highest BCUT2D eigenvalue weighted by Crippen LogP contribution is 2.32. The molecule has 21 heavy (non-hydrogen) atoms. The average Bonchev–Trinajstić information content (AvgIpc) is 2.84. The van der Waals surface area contributed by atoms with E-state index in [1.54, 1.807) is 6.07 Å². The zero-order valence-electron chi connectivity index (χ0n) is 12.1. The predicted octanol–water partition coefficient (Wildman–Crippen LogP) is 1.41. The molecule has 1 saturated heterocycles. The monoisotopic (exact) mass is 377 g/mol. The minimum absolute atomic E-state index is 0.0614. The summed E-state index contributed by atoms with van der Waals surface area (Å²) in [6.07, 6.45) is 2.09. The number of anilines is 1. The van der Waals surface area contributed by atoms with Crippen molar-refractivity contribution < 1.29 is 13.2 Å². The Hall–Kier alpha value is -0.830. The van der Waals surface area contributed by atoms with Crippen molar-refractivity contribution in [3.63, 3.8) is 0 Å². The number of sulfonamides is 1. The second kappa shape index (κ2) is 6.51. The second-order valence-corrected chi connectivity index (χ2v) is 7.74. The highest BCUT2D eigenvalue weighted by molar-refractivity contribution is 9.10. The molecule has 0 aliphatic carbocycles. The van der Waals surface area contributed by atoms with E-state index in [-0.39, 0.29) is 16.7 Å². The summed E-state index contributed by atoms with van der Waals surface area (Å²) in [7, 11) is -0.219. The number of nitrogen functional groups attached to an aromatic ring is 1. The van der Waals surface area contributed by atoms with Crippen LogP contribution < -0.4 is 15.2 Å². The lowest BCUT2D eigenvalue weighted by Crippen LogP contribution is -2.38. The van der Waals surface area contributed by atoms with Gasteiger partial charge >= 0.3 is 0 Å². The van der Waals surface area contributed by atoms with Gasteiger partial charge in [0.25, 0.3) is 0 Å². The first-order valence-electron chi connectivity index (χ1n) is 6.68. The van der Waals surface area contributed by atoms with E-state index in [4.69, 9.17) is 10.5 Å². The molecule has 0 aromatic heterocycles. The number of likely N-dealkylation sites (tertiary alicyclic amines) is 1. The van der Waals surface area contributed by atoms with Crippen molar-refractivity contribution >= 4 is 31.6 Å². The Kier molecular flexibility index (Phi) is 5.13. The number of nitrogens with two attached hydrogens (primary N) is 1. The van der Waals surface area contributed by atoms with Gasteiger partial charge in [0.05, 0.1) is 7.11 Å². The van der Waals surface area contributed by atoms with Gasteiger partial charge in [-0.2, -0.15) is 0 Å². The number of halogens is 1. The Morgan fingerprint density at radius 2 is 2.24 bits per heavy atom. The molecule has 1 heterocycles. The zero-order chi connectivity index (χ0) is 15.6. The number of hydrogen-bond acceptors (Lipinski definition) is 5. The van der Waals surface area contributed by atoms with Gasteiger partial charge in [-0.3, -0.25) is 0 Å². The molecule has 2 rings (SSSR count). The smallest absolute Gasteiger partial charge is 0.244 e. The van der Waals surface area contributed by atoms with Crippen LogP contribution in [-0.4, -0.2) is 46.6 Å². The number of benzene rings is 1. The molecule has 1 aliphatic heterocycles. The summed E-state index contributed by atoms with van der Waals surface area (Å²) in [6, 6.07) is 3.20. The third-order valence-electron chi connectivity index (χ3n) is 3.75. The summed E-state index contributed by atoms with van der Waals surface area (Å²) in [5.41, 5.74) is 6.13. The van der Waals surface area contributed by atoms with Crippen LogP contribution in [0.5, 0.6) is 5.75 Å². The summed E-state index contributed by atoms with van der Waals surface area (Å²) in [5.74, 6) is 0.267. The molecular formula is C13H20BrN3O3S. The van der Waals surface area contributed by atoms with Crippen LogP contribution in [0.25, 0.3) is 0 Å². The number of methoxy groups -OCH3 is 1. The van der Waals surface area contributed by atoms with Gasteiger partial charge in [-0.25, -0.2) is 13.1 Å². The van der Waals surface area contributed by atoms with Gasteiger partial charge in [-0.15, -0.1) is 0 Å². The normalized spacial score (nSPS) is 19.9. The van der Waals surface area contributed by atoms with E-state index in [1.165, 1.54) is 13.2 Å². The fraction of sp³-hybridized carbons (Fsp3) is 0.538. The van der Waals surface area contributed by atoms with E-state index >= 15 is 0 Å². The molecule has 0 radical (unpaired) electrons. The van der Waals surface area contributed by atoms with Crippen LogP contribution in [0.2, 0.25) is 0 Å². The summed E-state index contributed by atoms with van der Waals surface area (Å²) in [6.45, 7) is 1.39. The lowest BCUT2D eigenvalue weighted by Gasteiger charge is -2.20. The average molecular weight is 378 g/mol. The van der Waals surface area contributed by atoms with Crippen LogP contribution in [0.4, 0.5) is 5.69 Å². The first-order valence-corrected chi connectivity index (χ1v) is 8.95. The lowest BCUT2D eigenvalue weighted by molar-refractivity contribution is 0.310. The molecular weight excluding hydrogens is 358 g/mol. The fourth-order valence-corrected chi connectivity index (χ4v) is 4.02. The molecule has 0 amide bonds. The molecule has 3 N–H and O–H groups in total. The Morgan fingerprint density at radius 1 is 1.52 bits per heavy atom. The molecule has 0 bridgehead atoms. The van der Waals surface area contributed by atoms with Gasteiger partial charge in [-0.05, 0) is 54.5 Å². The first kappa shape index (κ1) is 16.5. The molecule has 6 nitrogen and oxygen atoms in total. The van der Waals surface area contributed by atoms with Crippen LogP contribution in [-0.2, 0) is 10.0 Å². The van der Waals surface area contributed by atoms with E-state index in [2.05, 4.69) is 25.6 Å². The molecule has 1 aromatic carbocycles. The van der Waals surface area contributed by atoms with Crippen LogP contribution in [0, 0.1) is 0 Å². The third-order valence-corrected chi connectivity index (χ3v) is 5.88. The Labute approximate surface area is 133 Å². The van der Waals surface area contributed by atoms with Crippen LogP contribution in [0.3, 0.4) is 0 Å². The maximum Gasteiger partial charge on any atom is 0.244 e. The predicted molar refractivity (Wildman–Crippen MR) is 85.9 cm³/mol. The highest BCUT2D eigenvalue weighted by atomic mass is 79.9. The van der Waals surface area contributed by atoms with E-state index in [0.717, 1.165) is 19.4 Å². The first-order chi connectivity index (χ1) is 9.85. The summed E-state index contributed by atoms with van der Waals surface area (Å²) in [5, 5.41) is 0. The van der Waals surface area contributed by atoms with Gasteiger partial charge in [0.2, 0.25) is 10.0 Å². The molecule has 0 spiro atoms. The van der Waals surface area contributed by atoms with Crippen molar-refractivity contribution in [1.82, 2.24) is 9.62 Å². The van der Waals surface area contributed by atoms with Crippen LogP contribution >= 0.6 is 15.9 Å². The fourth-order valence-electron chi connectivity index (χ4n) is 2.44. The summed E-state index contributed by atoms with van der Waals surface area (Å²) >= 11 is 3.26. The summed E-state index contributed by atoms with van der Waals surface area (Å²) < 4.78 is 33.3. The molecule has 1 fully saturated rings. The van der Waals surface area contributed by atoms with Gasteiger partial charge in [0.1, 0.15) is 10.6 Å². The molecule has 1 aliphatic rings. The zero-order valence-corrected chi connectivity index (χ0v) is 14.5. The van der Waals surface area contributed by atoms with Crippen molar-refractivity contribution in [1.29, 1.82) is 0 Å². The molecule has 8 heteroatoms. The molecule has 118 valence electrons. The van der Waals surface area contributed by atoms with Crippen LogP contribution in [0.1, 0.15) is 12.8 Å². The number of likely N-dealkylation sites (N-methyl/N-ethyl adjacent to an activating group) is 1. The topological polar surface area (TPSA) is 84.7 Å². The Bertz CT molecular complexity index is 621. The van der Waals surface area contributed by atoms with Crippen molar-refractivity contribution in [2.75, 3.05) is 33.0 Å². The second-order valence-electron chi connectivity index (χ2n) is 5.15. The van der Waals surface area contributed by atoms with E-state index in [9.17, 15) is 8.42 Å². The minimum atomic E-state index is -3.66. The van der Waals surface area contributed by atoms with E-state index in [1.807, 2.05) is 7.05 Å². The van der Waals surface area contributed by atoms with Crippen molar-refractivity contribution in [3.05, 3.63) is 16.6 Å². The van der Waals surface area contributed by atoms with Gasteiger partial charge in [0.15, 0.2) is 0 Å². The number of ether oxygens (including phenoxy) is 1. The van der Waals surface area contributed by atoms with E-state index < -0.39 is 10.0 Å². The molecule has 1 atom stereocenters. The Balaban J connectivity index is 2.21. The van der Waals surface area contributed by atoms with Gasteiger partial charge < -0.3 is 15.4 Å². The van der Waals surface area contributed by atoms with Crippen molar-refractivity contribution in [3.8, 4) is 5.75 Å². The van der Waals surface area contributed by atoms with Gasteiger partial charge in [0, 0.05) is 22.7 Å². The largest absolute Gasteiger partial charge is 0.495 e.